The van der Waals surface area contributed by atoms with Gasteiger partial charge in [0, 0.05) is 41.7 Å². The fourth-order valence-corrected chi connectivity index (χ4v) is 2.44. The molecule has 0 fully saturated rings. The van der Waals surface area contributed by atoms with Gasteiger partial charge in [-0.3, -0.25) is 9.78 Å². The quantitative estimate of drug-likeness (QED) is 0.878. The van der Waals surface area contributed by atoms with Crippen LogP contribution in [0.2, 0.25) is 0 Å². The molecule has 0 bridgehead atoms. The van der Waals surface area contributed by atoms with Gasteiger partial charge in [0.1, 0.15) is 0 Å². The highest BCUT2D eigenvalue weighted by molar-refractivity contribution is 9.10. The third kappa shape index (κ3) is 3.17. The third-order valence-corrected chi connectivity index (χ3v) is 3.59. The van der Waals surface area contributed by atoms with Crippen LogP contribution < -0.4 is 5.73 Å². The number of benzene rings is 1. The second-order valence-corrected chi connectivity index (χ2v) is 5.61. The highest BCUT2D eigenvalue weighted by atomic mass is 79.9. The first-order valence-electron chi connectivity index (χ1n) is 6.19. The van der Waals surface area contributed by atoms with Gasteiger partial charge in [-0.05, 0) is 36.2 Å². The Kier molecular flexibility index (Phi) is 4.39. The molecule has 0 aliphatic rings. The van der Waals surface area contributed by atoms with Crippen LogP contribution in [-0.4, -0.2) is 22.8 Å². The number of carbonyl (C=O) groups is 1. The molecule has 1 aromatic heterocycles. The summed E-state index contributed by atoms with van der Waals surface area (Å²) in [5, 5.41) is 0. The number of nitrogen functional groups attached to an aromatic ring is 1. The lowest BCUT2D eigenvalue weighted by atomic mass is 10.1. The summed E-state index contributed by atoms with van der Waals surface area (Å²) in [6, 6.07) is 7.40. The Balaban J connectivity index is 2.23. The Hall–Kier alpha value is -1.88. The highest BCUT2D eigenvalue weighted by Gasteiger charge is 2.16. The van der Waals surface area contributed by atoms with E-state index in [-0.39, 0.29) is 5.91 Å². The third-order valence-electron chi connectivity index (χ3n) is 3.13. The number of anilines is 1. The van der Waals surface area contributed by atoms with Crippen LogP contribution in [0.1, 0.15) is 21.5 Å². The first-order chi connectivity index (χ1) is 9.49. The Morgan fingerprint density at radius 1 is 1.45 bits per heavy atom. The van der Waals surface area contributed by atoms with Gasteiger partial charge in [0.05, 0.1) is 0 Å². The minimum Gasteiger partial charge on any atom is -0.398 e. The largest absolute Gasteiger partial charge is 0.398 e. The van der Waals surface area contributed by atoms with Gasteiger partial charge in [-0.15, -0.1) is 0 Å². The molecule has 0 aliphatic carbocycles. The molecule has 0 radical (unpaired) electrons. The number of halogens is 1. The summed E-state index contributed by atoms with van der Waals surface area (Å²) in [5.41, 5.74) is 8.92. The van der Waals surface area contributed by atoms with E-state index in [1.165, 1.54) is 0 Å². The lowest BCUT2D eigenvalue weighted by Gasteiger charge is -2.19. The van der Waals surface area contributed by atoms with Crippen molar-refractivity contribution in [2.45, 2.75) is 13.5 Å². The summed E-state index contributed by atoms with van der Waals surface area (Å²) in [5.74, 6) is -0.0562. The maximum Gasteiger partial charge on any atom is 0.254 e. The summed E-state index contributed by atoms with van der Waals surface area (Å²) < 4.78 is 0.804. The molecule has 0 saturated carbocycles. The van der Waals surface area contributed by atoms with Gasteiger partial charge in [0.25, 0.3) is 5.91 Å². The van der Waals surface area contributed by atoms with E-state index in [2.05, 4.69) is 20.9 Å². The molecule has 0 atom stereocenters. The van der Waals surface area contributed by atoms with E-state index in [1.807, 2.05) is 19.1 Å². The van der Waals surface area contributed by atoms with Gasteiger partial charge in [-0.25, -0.2) is 0 Å². The molecule has 2 aromatic rings. The number of rotatable bonds is 3. The average molecular weight is 334 g/mol. The first kappa shape index (κ1) is 14.5. The molecule has 5 heteroatoms. The maximum atomic E-state index is 12.5. The van der Waals surface area contributed by atoms with Crippen LogP contribution in [0.3, 0.4) is 0 Å². The number of hydrogen-bond acceptors (Lipinski definition) is 3. The monoisotopic (exact) mass is 333 g/mol. The van der Waals surface area contributed by atoms with Gasteiger partial charge < -0.3 is 10.6 Å². The molecule has 0 spiro atoms. The zero-order valence-corrected chi connectivity index (χ0v) is 13.0. The Labute approximate surface area is 126 Å². The fourth-order valence-electron chi connectivity index (χ4n) is 1.97. The van der Waals surface area contributed by atoms with Crippen molar-refractivity contribution >= 4 is 27.5 Å². The molecular formula is C15H16BrN3O. The van der Waals surface area contributed by atoms with Crippen LogP contribution in [0.15, 0.2) is 41.1 Å². The molecule has 0 aliphatic heterocycles. The van der Waals surface area contributed by atoms with E-state index in [0.29, 0.717) is 17.8 Å². The van der Waals surface area contributed by atoms with E-state index in [1.54, 1.807) is 36.5 Å². The lowest BCUT2D eigenvalue weighted by molar-refractivity contribution is 0.0784. The Morgan fingerprint density at radius 3 is 2.85 bits per heavy atom. The minimum absolute atomic E-state index is 0.0562. The van der Waals surface area contributed by atoms with Crippen molar-refractivity contribution in [3.63, 3.8) is 0 Å². The molecule has 2 N–H and O–H groups in total. The van der Waals surface area contributed by atoms with Crippen LogP contribution in [0.4, 0.5) is 5.69 Å². The van der Waals surface area contributed by atoms with Gasteiger partial charge in [-0.2, -0.15) is 0 Å². The first-order valence-corrected chi connectivity index (χ1v) is 6.98. The standard InChI is InChI=1S/C15H16BrN3O/c1-10-13(6-12(16)7-14(10)17)15(20)19(2)9-11-4-3-5-18-8-11/h3-8H,9,17H2,1-2H3. The smallest absolute Gasteiger partial charge is 0.254 e. The topological polar surface area (TPSA) is 59.2 Å². The number of aromatic nitrogens is 1. The van der Waals surface area contributed by atoms with Crippen molar-refractivity contribution in [1.82, 2.24) is 9.88 Å². The molecule has 104 valence electrons. The number of amides is 1. The zero-order valence-electron chi connectivity index (χ0n) is 11.4. The number of nitrogens with two attached hydrogens (primary N) is 1. The number of nitrogens with zero attached hydrogens (tertiary/aromatic N) is 2. The van der Waals surface area contributed by atoms with E-state index in [0.717, 1.165) is 15.6 Å². The van der Waals surface area contributed by atoms with Crippen LogP contribution in [0.25, 0.3) is 0 Å². The predicted molar refractivity (Wildman–Crippen MR) is 83.3 cm³/mol. The molecule has 20 heavy (non-hydrogen) atoms. The van der Waals surface area contributed by atoms with E-state index < -0.39 is 0 Å². The summed E-state index contributed by atoms with van der Waals surface area (Å²) in [4.78, 5) is 18.2. The van der Waals surface area contributed by atoms with E-state index in [4.69, 9.17) is 5.73 Å². The van der Waals surface area contributed by atoms with Crippen molar-refractivity contribution < 1.29 is 4.79 Å². The number of pyridine rings is 1. The van der Waals surface area contributed by atoms with Gasteiger partial charge >= 0.3 is 0 Å². The summed E-state index contributed by atoms with van der Waals surface area (Å²) in [7, 11) is 1.77. The molecule has 0 saturated heterocycles. The zero-order chi connectivity index (χ0) is 14.7. The molecule has 4 nitrogen and oxygen atoms in total. The minimum atomic E-state index is -0.0562. The average Bonchev–Trinajstić information content (AvgIpc) is 2.43. The van der Waals surface area contributed by atoms with Gasteiger partial charge in [0.15, 0.2) is 0 Å². The number of carbonyl (C=O) groups excluding carboxylic acids is 1. The Bertz CT molecular complexity index is 629. The predicted octanol–water partition coefficient (Wildman–Crippen LogP) is 3.01. The summed E-state index contributed by atoms with van der Waals surface area (Å²) in [6.45, 7) is 2.37. The Morgan fingerprint density at radius 2 is 2.20 bits per heavy atom. The fraction of sp³-hybridized carbons (Fsp3) is 0.200. The van der Waals surface area contributed by atoms with Crippen LogP contribution in [0.5, 0.6) is 0 Å². The summed E-state index contributed by atoms with van der Waals surface area (Å²) in [6.07, 6.45) is 3.47. The van der Waals surface area contributed by atoms with Crippen molar-refractivity contribution in [2.75, 3.05) is 12.8 Å². The molecule has 1 aromatic carbocycles. The van der Waals surface area contributed by atoms with Crippen molar-refractivity contribution in [2.24, 2.45) is 0 Å². The summed E-state index contributed by atoms with van der Waals surface area (Å²) >= 11 is 3.37. The van der Waals surface area contributed by atoms with Gasteiger partial charge in [-0.1, -0.05) is 22.0 Å². The second-order valence-electron chi connectivity index (χ2n) is 4.69. The maximum absolute atomic E-state index is 12.5. The van der Waals surface area contributed by atoms with E-state index >= 15 is 0 Å². The van der Waals surface area contributed by atoms with Crippen LogP contribution >= 0.6 is 15.9 Å². The SMILES string of the molecule is Cc1c(N)cc(Br)cc1C(=O)N(C)Cc1cccnc1. The molecule has 2 rings (SSSR count). The highest BCUT2D eigenvalue weighted by Crippen LogP contribution is 2.24. The molecular weight excluding hydrogens is 318 g/mol. The van der Waals surface area contributed by atoms with Crippen LogP contribution in [-0.2, 0) is 6.54 Å². The molecule has 1 heterocycles. The normalized spacial score (nSPS) is 10.3. The van der Waals surface area contributed by atoms with E-state index in [9.17, 15) is 4.79 Å². The van der Waals surface area contributed by atoms with Gasteiger partial charge in [0.2, 0.25) is 0 Å². The van der Waals surface area contributed by atoms with Crippen molar-refractivity contribution in [1.29, 1.82) is 0 Å². The van der Waals surface area contributed by atoms with Crippen molar-refractivity contribution in [3.05, 3.63) is 57.8 Å². The molecule has 0 unspecified atom stereocenters. The second kappa shape index (κ2) is 6.05. The lowest BCUT2D eigenvalue weighted by Crippen LogP contribution is -2.27. The van der Waals surface area contributed by atoms with Crippen LogP contribution in [0, 0.1) is 6.92 Å². The molecule has 1 amide bonds. The number of hydrogen-bond donors (Lipinski definition) is 1. The van der Waals surface area contributed by atoms with Crippen molar-refractivity contribution in [3.8, 4) is 0 Å².